The summed E-state index contributed by atoms with van der Waals surface area (Å²) < 4.78 is 13.0. The van der Waals surface area contributed by atoms with Crippen LogP contribution in [-0.4, -0.2) is 15.0 Å². The van der Waals surface area contributed by atoms with Crippen LogP contribution in [0, 0.1) is 5.82 Å². The van der Waals surface area contributed by atoms with Crippen molar-refractivity contribution in [1.82, 2.24) is 15.0 Å². The molecule has 0 radical (unpaired) electrons. The molecular weight excluding hydrogens is 303 g/mol. The van der Waals surface area contributed by atoms with E-state index in [1.165, 1.54) is 0 Å². The Morgan fingerprint density at radius 3 is 2.22 bits per heavy atom. The maximum atomic E-state index is 13.0. The normalized spacial score (nSPS) is 10.4. The van der Waals surface area contributed by atoms with Gasteiger partial charge in [0.05, 0.1) is 15.7 Å². The highest BCUT2D eigenvalue weighted by Crippen LogP contribution is 2.33. The predicted molar refractivity (Wildman–Crippen MR) is 69.0 cm³/mol. The molecular formula is C9H5Cl3FN5. The van der Waals surface area contributed by atoms with E-state index in [4.69, 9.17) is 40.5 Å². The monoisotopic (exact) mass is 307 g/mol. The summed E-state index contributed by atoms with van der Waals surface area (Å²) in [5, 5.41) is 2.77. The Morgan fingerprint density at radius 1 is 1.06 bits per heavy atom. The largest absolute Gasteiger partial charge is 0.368 e. The number of rotatable bonds is 2. The lowest BCUT2D eigenvalue weighted by atomic mass is 10.3. The van der Waals surface area contributed by atoms with Gasteiger partial charge in [0.15, 0.2) is 0 Å². The zero-order valence-electron chi connectivity index (χ0n) is 8.59. The van der Waals surface area contributed by atoms with E-state index in [0.717, 1.165) is 12.1 Å². The van der Waals surface area contributed by atoms with Crippen LogP contribution in [0.4, 0.5) is 22.0 Å². The van der Waals surface area contributed by atoms with Crippen molar-refractivity contribution in [2.45, 2.75) is 0 Å². The number of hydrogen-bond acceptors (Lipinski definition) is 5. The summed E-state index contributed by atoms with van der Waals surface area (Å²) in [6.45, 7) is 0. The minimum Gasteiger partial charge on any atom is -0.368 e. The number of aromatic nitrogens is 3. The second-order valence-corrected chi connectivity index (χ2v) is 4.31. The second-order valence-electron chi connectivity index (χ2n) is 3.16. The third kappa shape index (κ3) is 2.90. The molecule has 94 valence electrons. The molecule has 0 saturated carbocycles. The summed E-state index contributed by atoms with van der Waals surface area (Å²) in [4.78, 5) is 11.1. The third-order valence-corrected chi connectivity index (χ3v) is 2.63. The molecule has 0 aliphatic carbocycles. The van der Waals surface area contributed by atoms with Crippen LogP contribution in [0.25, 0.3) is 0 Å². The molecule has 18 heavy (non-hydrogen) atoms. The van der Waals surface area contributed by atoms with Crippen molar-refractivity contribution in [3.8, 4) is 0 Å². The summed E-state index contributed by atoms with van der Waals surface area (Å²) >= 11 is 17.3. The fourth-order valence-corrected chi connectivity index (χ4v) is 1.92. The van der Waals surface area contributed by atoms with Crippen LogP contribution < -0.4 is 11.1 Å². The van der Waals surface area contributed by atoms with Gasteiger partial charge >= 0.3 is 0 Å². The van der Waals surface area contributed by atoms with Gasteiger partial charge in [-0.25, -0.2) is 4.39 Å². The molecule has 0 fully saturated rings. The molecule has 1 aromatic carbocycles. The quantitative estimate of drug-likeness (QED) is 0.890. The number of hydrogen-bond donors (Lipinski definition) is 2. The summed E-state index contributed by atoms with van der Waals surface area (Å²) in [5.41, 5.74) is 5.65. The first-order chi connectivity index (χ1) is 8.45. The molecule has 3 N–H and O–H groups in total. The van der Waals surface area contributed by atoms with Crippen molar-refractivity contribution < 1.29 is 4.39 Å². The van der Waals surface area contributed by atoms with Crippen LogP contribution in [-0.2, 0) is 0 Å². The van der Waals surface area contributed by atoms with Crippen molar-refractivity contribution in [2.24, 2.45) is 0 Å². The summed E-state index contributed by atoms with van der Waals surface area (Å²) in [7, 11) is 0. The molecule has 2 aromatic rings. The van der Waals surface area contributed by atoms with Gasteiger partial charge in [-0.05, 0) is 23.7 Å². The molecule has 0 amide bonds. The Bertz CT molecular complexity index is 563. The van der Waals surface area contributed by atoms with Crippen LogP contribution in [0.15, 0.2) is 12.1 Å². The van der Waals surface area contributed by atoms with Gasteiger partial charge in [-0.1, -0.05) is 23.2 Å². The first-order valence-corrected chi connectivity index (χ1v) is 5.67. The average Bonchev–Trinajstić information content (AvgIpc) is 2.22. The lowest BCUT2D eigenvalue weighted by Gasteiger charge is -2.09. The number of nitrogen functional groups attached to an aromatic ring is 1. The minimum absolute atomic E-state index is 0.0582. The lowest BCUT2D eigenvalue weighted by molar-refractivity contribution is 0.628. The Kier molecular flexibility index (Phi) is 3.70. The number of halogens is 4. The fourth-order valence-electron chi connectivity index (χ4n) is 1.19. The molecule has 0 atom stereocenters. The molecule has 5 nitrogen and oxygen atoms in total. The van der Waals surface area contributed by atoms with Crippen molar-refractivity contribution >= 4 is 52.4 Å². The Hall–Kier alpha value is -1.37. The second kappa shape index (κ2) is 5.09. The first kappa shape index (κ1) is 13.1. The number of nitrogens with two attached hydrogens (primary N) is 1. The number of nitrogens with one attached hydrogen (secondary N) is 1. The molecule has 0 spiro atoms. The van der Waals surface area contributed by atoms with Gasteiger partial charge in [-0.3, -0.25) is 0 Å². The van der Waals surface area contributed by atoms with Gasteiger partial charge in [0, 0.05) is 0 Å². The number of benzene rings is 1. The number of anilines is 3. The topological polar surface area (TPSA) is 76.7 Å². The van der Waals surface area contributed by atoms with E-state index < -0.39 is 5.82 Å². The highest BCUT2D eigenvalue weighted by atomic mass is 35.5. The first-order valence-electron chi connectivity index (χ1n) is 4.54. The van der Waals surface area contributed by atoms with Crippen LogP contribution in [0.5, 0.6) is 0 Å². The van der Waals surface area contributed by atoms with Crippen molar-refractivity contribution in [2.75, 3.05) is 11.1 Å². The van der Waals surface area contributed by atoms with Gasteiger partial charge < -0.3 is 11.1 Å². The Labute approximate surface area is 116 Å². The van der Waals surface area contributed by atoms with Crippen LogP contribution in [0.2, 0.25) is 15.3 Å². The zero-order valence-corrected chi connectivity index (χ0v) is 10.9. The molecule has 1 aromatic heterocycles. The molecule has 0 aliphatic rings. The maximum Gasteiger partial charge on any atom is 0.233 e. The van der Waals surface area contributed by atoms with E-state index in [9.17, 15) is 4.39 Å². The summed E-state index contributed by atoms with van der Waals surface area (Å²) in [6.07, 6.45) is 0. The van der Waals surface area contributed by atoms with E-state index in [-0.39, 0.29) is 32.9 Å². The van der Waals surface area contributed by atoms with Gasteiger partial charge in [-0.2, -0.15) is 15.0 Å². The van der Waals surface area contributed by atoms with E-state index in [0.29, 0.717) is 0 Å². The molecule has 1 heterocycles. The van der Waals surface area contributed by atoms with E-state index in [1.54, 1.807) is 0 Å². The SMILES string of the molecule is Nc1nc(Cl)nc(Nc2c(Cl)cc(F)cc2Cl)n1. The average molecular weight is 309 g/mol. The maximum absolute atomic E-state index is 13.0. The Balaban J connectivity index is 2.40. The fraction of sp³-hybridized carbons (Fsp3) is 0. The number of nitrogens with zero attached hydrogens (tertiary/aromatic N) is 3. The predicted octanol–water partition coefficient (Wildman–Crippen LogP) is 3.30. The van der Waals surface area contributed by atoms with Crippen molar-refractivity contribution in [1.29, 1.82) is 0 Å². The van der Waals surface area contributed by atoms with Crippen LogP contribution in [0.3, 0.4) is 0 Å². The zero-order chi connectivity index (χ0) is 13.3. The van der Waals surface area contributed by atoms with Gasteiger partial charge in [0.25, 0.3) is 0 Å². The molecule has 0 unspecified atom stereocenters. The highest BCUT2D eigenvalue weighted by molar-refractivity contribution is 6.39. The molecule has 2 rings (SSSR count). The van der Waals surface area contributed by atoms with E-state index >= 15 is 0 Å². The minimum atomic E-state index is -0.552. The Morgan fingerprint density at radius 2 is 1.67 bits per heavy atom. The molecule has 0 aliphatic heterocycles. The highest BCUT2D eigenvalue weighted by Gasteiger charge is 2.11. The van der Waals surface area contributed by atoms with E-state index in [2.05, 4.69) is 20.3 Å². The standard InChI is InChI=1S/C9H5Cl3FN5/c10-4-1-3(13)2-5(11)6(4)15-9-17-7(12)16-8(14)18-9/h1-2H,(H3,14,15,16,17,18). The lowest BCUT2D eigenvalue weighted by Crippen LogP contribution is -2.04. The van der Waals surface area contributed by atoms with Crippen LogP contribution >= 0.6 is 34.8 Å². The molecule has 0 saturated heterocycles. The van der Waals surface area contributed by atoms with Crippen molar-refractivity contribution in [3.05, 3.63) is 33.3 Å². The van der Waals surface area contributed by atoms with Crippen molar-refractivity contribution in [3.63, 3.8) is 0 Å². The van der Waals surface area contributed by atoms with Gasteiger partial charge in [0.2, 0.25) is 17.2 Å². The third-order valence-electron chi connectivity index (χ3n) is 1.87. The van der Waals surface area contributed by atoms with E-state index in [1.807, 2.05) is 0 Å². The molecule has 0 bridgehead atoms. The smallest absolute Gasteiger partial charge is 0.233 e. The van der Waals surface area contributed by atoms with Crippen LogP contribution in [0.1, 0.15) is 0 Å². The van der Waals surface area contributed by atoms with Gasteiger partial charge in [0.1, 0.15) is 5.82 Å². The summed E-state index contributed by atoms with van der Waals surface area (Å²) in [6, 6.07) is 2.20. The summed E-state index contributed by atoms with van der Waals surface area (Å²) in [5.74, 6) is -0.557. The molecule has 9 heteroatoms. The van der Waals surface area contributed by atoms with Gasteiger partial charge in [-0.15, -0.1) is 0 Å².